The number of carbonyl (C=O) groups is 3. The van der Waals surface area contributed by atoms with Gasteiger partial charge in [-0.2, -0.15) is 0 Å². The van der Waals surface area contributed by atoms with Crippen molar-refractivity contribution in [2.24, 2.45) is 11.3 Å². The van der Waals surface area contributed by atoms with E-state index in [1.54, 1.807) is 44.2 Å². The highest BCUT2D eigenvalue weighted by molar-refractivity contribution is 6.30. The van der Waals surface area contributed by atoms with Gasteiger partial charge in [0.2, 0.25) is 0 Å². The number of carbonyl (C=O) groups excluding carboxylic acids is 3. The standard InChI is InChI=1S/C17H18O5/c1-17(2)9-11(18)12(15(20)13(17)16(21)22-3)14(19)10-7-5-4-6-8-10/h4-8,13,19H,9H2,1-3H3/t13-/m0/s1. The summed E-state index contributed by atoms with van der Waals surface area (Å²) >= 11 is 0. The molecule has 0 radical (unpaired) electrons. The van der Waals surface area contributed by atoms with Gasteiger partial charge in [-0.25, -0.2) is 0 Å². The highest BCUT2D eigenvalue weighted by Gasteiger charge is 2.50. The molecule has 5 heteroatoms. The maximum atomic E-state index is 12.6. The number of hydrogen-bond acceptors (Lipinski definition) is 5. The van der Waals surface area contributed by atoms with Crippen LogP contribution in [0.5, 0.6) is 0 Å². The lowest BCUT2D eigenvalue weighted by molar-refractivity contribution is -0.155. The van der Waals surface area contributed by atoms with Crippen molar-refractivity contribution < 1.29 is 24.2 Å². The highest BCUT2D eigenvalue weighted by Crippen LogP contribution is 2.41. The normalized spacial score (nSPS) is 23.1. The van der Waals surface area contributed by atoms with Crippen LogP contribution in [0.2, 0.25) is 0 Å². The minimum Gasteiger partial charge on any atom is -0.506 e. The molecular weight excluding hydrogens is 284 g/mol. The van der Waals surface area contributed by atoms with Crippen molar-refractivity contribution in [3.05, 3.63) is 41.5 Å². The lowest BCUT2D eigenvalue weighted by atomic mass is 9.65. The molecule has 1 aromatic rings. The Morgan fingerprint density at radius 2 is 1.82 bits per heavy atom. The molecule has 2 rings (SSSR count). The second kappa shape index (κ2) is 5.75. The van der Waals surface area contributed by atoms with Gasteiger partial charge in [-0.1, -0.05) is 44.2 Å². The molecule has 0 aromatic heterocycles. The van der Waals surface area contributed by atoms with Crippen LogP contribution in [0.3, 0.4) is 0 Å². The molecule has 0 spiro atoms. The van der Waals surface area contributed by atoms with Crippen LogP contribution in [0.15, 0.2) is 35.9 Å². The Bertz CT molecular complexity index is 655. The summed E-state index contributed by atoms with van der Waals surface area (Å²) < 4.78 is 4.69. The Morgan fingerprint density at radius 3 is 2.36 bits per heavy atom. The van der Waals surface area contributed by atoms with Gasteiger partial charge in [-0.15, -0.1) is 0 Å². The first-order valence-electron chi connectivity index (χ1n) is 6.93. The van der Waals surface area contributed by atoms with Crippen LogP contribution >= 0.6 is 0 Å². The number of ether oxygens (including phenoxy) is 1. The van der Waals surface area contributed by atoms with Gasteiger partial charge in [-0.3, -0.25) is 14.4 Å². The van der Waals surface area contributed by atoms with Gasteiger partial charge in [0, 0.05) is 12.0 Å². The van der Waals surface area contributed by atoms with Crippen molar-refractivity contribution in [2.45, 2.75) is 20.3 Å². The molecule has 1 aromatic carbocycles. The Balaban J connectivity index is 2.55. The van der Waals surface area contributed by atoms with Crippen LogP contribution in [-0.4, -0.2) is 29.8 Å². The molecular formula is C17H18O5. The summed E-state index contributed by atoms with van der Waals surface area (Å²) in [7, 11) is 1.20. The fourth-order valence-corrected chi connectivity index (χ4v) is 2.77. The van der Waals surface area contributed by atoms with E-state index in [9.17, 15) is 19.5 Å². The topological polar surface area (TPSA) is 80.7 Å². The summed E-state index contributed by atoms with van der Waals surface area (Å²) in [6.07, 6.45) is -0.00919. The molecule has 1 aliphatic rings. The van der Waals surface area contributed by atoms with E-state index in [0.717, 1.165) is 0 Å². The van der Waals surface area contributed by atoms with E-state index in [4.69, 9.17) is 0 Å². The largest absolute Gasteiger partial charge is 0.506 e. The van der Waals surface area contributed by atoms with Crippen molar-refractivity contribution >= 4 is 23.3 Å². The predicted octanol–water partition coefficient (Wildman–Crippen LogP) is 2.31. The number of esters is 1. The number of Topliss-reactive ketones (excluding diaryl/α,β-unsaturated/α-hetero) is 2. The number of aliphatic hydroxyl groups is 1. The van der Waals surface area contributed by atoms with E-state index in [-0.39, 0.29) is 17.8 Å². The average molecular weight is 302 g/mol. The van der Waals surface area contributed by atoms with E-state index in [0.29, 0.717) is 5.56 Å². The SMILES string of the molecule is COC(=O)[C@@H]1C(=O)C(=C(O)c2ccccc2)C(=O)CC1(C)C. The third-order valence-electron chi connectivity index (χ3n) is 3.91. The number of aliphatic hydroxyl groups excluding tert-OH is 1. The minimum absolute atomic E-state index is 0.00919. The van der Waals surface area contributed by atoms with Crippen LogP contribution in [0.25, 0.3) is 5.76 Å². The van der Waals surface area contributed by atoms with Gasteiger partial charge in [-0.05, 0) is 5.41 Å². The van der Waals surface area contributed by atoms with Gasteiger partial charge < -0.3 is 9.84 Å². The number of benzene rings is 1. The van der Waals surface area contributed by atoms with Gasteiger partial charge in [0.15, 0.2) is 11.6 Å². The molecule has 1 saturated carbocycles. The molecule has 5 nitrogen and oxygen atoms in total. The fourth-order valence-electron chi connectivity index (χ4n) is 2.77. The number of methoxy groups -OCH3 is 1. The second-order valence-corrected chi connectivity index (χ2v) is 6.00. The quantitative estimate of drug-likeness (QED) is 0.298. The zero-order valence-electron chi connectivity index (χ0n) is 12.8. The van der Waals surface area contributed by atoms with E-state index in [1.165, 1.54) is 7.11 Å². The van der Waals surface area contributed by atoms with Crippen LogP contribution in [0.4, 0.5) is 0 Å². The van der Waals surface area contributed by atoms with Gasteiger partial charge >= 0.3 is 5.97 Å². The van der Waals surface area contributed by atoms with Crippen molar-refractivity contribution in [3.63, 3.8) is 0 Å². The van der Waals surface area contributed by atoms with E-state index >= 15 is 0 Å². The second-order valence-electron chi connectivity index (χ2n) is 6.00. The zero-order valence-corrected chi connectivity index (χ0v) is 12.8. The van der Waals surface area contributed by atoms with Crippen molar-refractivity contribution in [1.82, 2.24) is 0 Å². The third-order valence-corrected chi connectivity index (χ3v) is 3.91. The number of hydrogen-bond donors (Lipinski definition) is 1. The van der Waals surface area contributed by atoms with Gasteiger partial charge in [0.05, 0.1) is 7.11 Å². The summed E-state index contributed by atoms with van der Waals surface area (Å²) in [5, 5.41) is 10.3. The maximum absolute atomic E-state index is 12.6. The molecule has 0 unspecified atom stereocenters. The van der Waals surface area contributed by atoms with E-state index in [2.05, 4.69) is 4.74 Å². The molecule has 0 amide bonds. The zero-order chi connectivity index (χ0) is 16.5. The van der Waals surface area contributed by atoms with Crippen LogP contribution < -0.4 is 0 Å². The molecule has 1 N–H and O–H groups in total. The first-order valence-corrected chi connectivity index (χ1v) is 6.93. The monoisotopic (exact) mass is 302 g/mol. The Labute approximate surface area is 128 Å². The summed E-state index contributed by atoms with van der Waals surface area (Å²) in [6.45, 7) is 3.33. The molecule has 0 aliphatic heterocycles. The van der Waals surface area contributed by atoms with Gasteiger partial charge in [0.25, 0.3) is 0 Å². The highest BCUT2D eigenvalue weighted by atomic mass is 16.5. The molecule has 1 aliphatic carbocycles. The first-order chi connectivity index (χ1) is 10.3. The van der Waals surface area contributed by atoms with E-state index < -0.39 is 28.9 Å². The molecule has 116 valence electrons. The summed E-state index contributed by atoms with van der Waals surface area (Å²) in [5.74, 6) is -3.33. The Hall–Kier alpha value is -2.43. The predicted molar refractivity (Wildman–Crippen MR) is 79.9 cm³/mol. The van der Waals surface area contributed by atoms with Crippen molar-refractivity contribution in [3.8, 4) is 0 Å². The summed E-state index contributed by atoms with van der Waals surface area (Å²) in [5.41, 5.74) is -0.801. The summed E-state index contributed by atoms with van der Waals surface area (Å²) in [4.78, 5) is 36.9. The molecule has 1 fully saturated rings. The lowest BCUT2D eigenvalue weighted by Gasteiger charge is -2.35. The molecule has 0 bridgehead atoms. The van der Waals surface area contributed by atoms with Crippen molar-refractivity contribution in [2.75, 3.05) is 7.11 Å². The number of allylic oxidation sites excluding steroid dienone is 1. The average Bonchev–Trinajstić information content (AvgIpc) is 2.46. The van der Waals surface area contributed by atoms with Gasteiger partial charge in [0.1, 0.15) is 17.3 Å². The number of ketones is 2. The minimum atomic E-state index is -1.10. The van der Waals surface area contributed by atoms with Crippen molar-refractivity contribution in [1.29, 1.82) is 0 Å². The molecule has 1 atom stereocenters. The molecule has 0 heterocycles. The van der Waals surface area contributed by atoms with E-state index in [1.807, 2.05) is 0 Å². The fraction of sp³-hybridized carbons (Fsp3) is 0.353. The van der Waals surface area contributed by atoms with Crippen LogP contribution in [-0.2, 0) is 19.1 Å². The van der Waals surface area contributed by atoms with Crippen LogP contribution in [0, 0.1) is 11.3 Å². The molecule has 0 saturated heterocycles. The Kier molecular flexibility index (Phi) is 4.17. The number of rotatable bonds is 2. The summed E-state index contributed by atoms with van der Waals surface area (Å²) in [6, 6.07) is 8.31. The van der Waals surface area contributed by atoms with Crippen LogP contribution in [0.1, 0.15) is 25.8 Å². The lowest BCUT2D eigenvalue weighted by Crippen LogP contribution is -2.46. The maximum Gasteiger partial charge on any atom is 0.317 e. The smallest absolute Gasteiger partial charge is 0.317 e. The third kappa shape index (κ3) is 2.66. The molecule has 22 heavy (non-hydrogen) atoms. The Morgan fingerprint density at radius 1 is 1.23 bits per heavy atom. The first kappa shape index (κ1) is 15.9.